The number of esters is 1. The number of fused-ring (bicyclic) bond motifs is 1. The Labute approximate surface area is 177 Å². The summed E-state index contributed by atoms with van der Waals surface area (Å²) in [6, 6.07) is 7.66. The fourth-order valence-corrected chi connectivity index (χ4v) is 4.91. The van der Waals surface area contributed by atoms with Crippen molar-refractivity contribution >= 4 is 38.8 Å². The van der Waals surface area contributed by atoms with Crippen molar-refractivity contribution in [1.29, 1.82) is 0 Å². The molecule has 0 radical (unpaired) electrons. The molecule has 1 N–H and O–H groups in total. The van der Waals surface area contributed by atoms with E-state index in [-0.39, 0.29) is 18.3 Å². The Morgan fingerprint density at radius 1 is 1.24 bits per heavy atom. The van der Waals surface area contributed by atoms with E-state index in [0.29, 0.717) is 25.1 Å². The third-order valence-electron chi connectivity index (χ3n) is 3.97. The quantitative estimate of drug-likeness (QED) is 0.326. The van der Waals surface area contributed by atoms with Gasteiger partial charge in [-0.2, -0.15) is 0 Å². The van der Waals surface area contributed by atoms with Crippen LogP contribution in [0.3, 0.4) is 0 Å². The average molecular weight is 442 g/mol. The van der Waals surface area contributed by atoms with E-state index >= 15 is 0 Å². The monoisotopic (exact) mass is 441 g/mol. The van der Waals surface area contributed by atoms with Crippen LogP contribution in [0, 0.1) is 0 Å². The van der Waals surface area contributed by atoms with Gasteiger partial charge in [0.05, 0.1) is 16.8 Å². The number of para-hydroxylation sites is 2. The molecule has 0 unspecified atom stereocenters. The molecule has 2 aromatic rings. The minimum Gasteiger partial charge on any atom is -0.459 e. The molecule has 0 aliphatic rings. The smallest absolute Gasteiger partial charge is 0.326 e. The normalized spacial score (nSPS) is 12.4. The lowest BCUT2D eigenvalue weighted by molar-refractivity contribution is -0.155. The number of thioether (sulfide) groups is 1. The average Bonchev–Trinajstić information content (AvgIpc) is 2.96. The minimum atomic E-state index is -3.19. The number of hydrogen-bond acceptors (Lipinski definition) is 6. The Kier molecular flexibility index (Phi) is 8.54. The van der Waals surface area contributed by atoms with Crippen molar-refractivity contribution in [2.24, 2.45) is 0 Å². The van der Waals surface area contributed by atoms with Gasteiger partial charge in [0.25, 0.3) is 0 Å². The number of nitrogens with one attached hydrogen (secondary N) is 1. The van der Waals surface area contributed by atoms with Gasteiger partial charge in [-0.25, -0.2) is 18.1 Å². The molecule has 1 heterocycles. The van der Waals surface area contributed by atoms with Gasteiger partial charge in [0.15, 0.2) is 5.16 Å². The van der Waals surface area contributed by atoms with E-state index < -0.39 is 15.6 Å². The number of imidazole rings is 1. The van der Waals surface area contributed by atoms with Crippen molar-refractivity contribution in [3.05, 3.63) is 24.3 Å². The molecule has 0 saturated carbocycles. The molecule has 7 nitrogen and oxygen atoms in total. The molecule has 2 rings (SSSR count). The SMILES string of the molecule is CCCCS(=O)(=O)NCCCSc1nc2ccccc2n1CC(=O)OC(C)(C)C. The highest BCUT2D eigenvalue weighted by molar-refractivity contribution is 7.99. The first-order chi connectivity index (χ1) is 13.6. The van der Waals surface area contributed by atoms with Crippen LogP contribution in [0.5, 0.6) is 0 Å². The number of benzene rings is 1. The second-order valence-corrected chi connectivity index (χ2v) is 10.8. The van der Waals surface area contributed by atoms with Crippen LogP contribution in [-0.4, -0.2) is 47.6 Å². The third kappa shape index (κ3) is 7.98. The molecule has 1 aromatic heterocycles. The van der Waals surface area contributed by atoms with E-state index in [9.17, 15) is 13.2 Å². The van der Waals surface area contributed by atoms with Crippen LogP contribution in [0.2, 0.25) is 0 Å². The van der Waals surface area contributed by atoms with Gasteiger partial charge < -0.3 is 9.30 Å². The summed E-state index contributed by atoms with van der Waals surface area (Å²) in [5.74, 6) is 0.544. The van der Waals surface area contributed by atoms with Crippen molar-refractivity contribution in [1.82, 2.24) is 14.3 Å². The zero-order valence-electron chi connectivity index (χ0n) is 17.6. The predicted molar refractivity (Wildman–Crippen MR) is 118 cm³/mol. The van der Waals surface area contributed by atoms with Gasteiger partial charge in [0.2, 0.25) is 10.0 Å². The molecule has 0 amide bonds. The summed E-state index contributed by atoms with van der Waals surface area (Å²) in [5, 5.41) is 0.728. The molecule has 9 heteroatoms. The maximum atomic E-state index is 12.3. The van der Waals surface area contributed by atoms with Gasteiger partial charge >= 0.3 is 5.97 Å². The van der Waals surface area contributed by atoms with Gasteiger partial charge in [-0.1, -0.05) is 37.2 Å². The van der Waals surface area contributed by atoms with Crippen molar-refractivity contribution < 1.29 is 17.9 Å². The van der Waals surface area contributed by atoms with Gasteiger partial charge in [-0.15, -0.1) is 0 Å². The summed E-state index contributed by atoms with van der Waals surface area (Å²) in [7, 11) is -3.19. The summed E-state index contributed by atoms with van der Waals surface area (Å²) in [5.41, 5.74) is 1.15. The number of sulfonamides is 1. The first-order valence-electron chi connectivity index (χ1n) is 9.88. The standard InChI is InChI=1S/C20H31N3O4S2/c1-5-6-14-29(25,26)21-12-9-13-28-19-22-16-10-7-8-11-17(16)23(19)15-18(24)27-20(2,3)4/h7-8,10-11,21H,5-6,9,12-15H2,1-4H3. The van der Waals surface area contributed by atoms with Crippen LogP contribution < -0.4 is 4.72 Å². The number of nitrogens with zero attached hydrogens (tertiary/aromatic N) is 2. The number of unbranched alkanes of at least 4 members (excludes halogenated alkanes) is 1. The van der Waals surface area contributed by atoms with Crippen molar-refractivity contribution in [2.45, 2.75) is 64.3 Å². The highest BCUT2D eigenvalue weighted by Gasteiger charge is 2.19. The highest BCUT2D eigenvalue weighted by atomic mass is 32.2. The Hall–Kier alpha value is -1.58. The summed E-state index contributed by atoms with van der Waals surface area (Å²) in [6.07, 6.45) is 2.19. The summed E-state index contributed by atoms with van der Waals surface area (Å²) in [6.45, 7) is 7.97. The topological polar surface area (TPSA) is 90.3 Å². The molecule has 0 atom stereocenters. The Morgan fingerprint density at radius 2 is 1.97 bits per heavy atom. The molecule has 162 valence electrons. The molecule has 0 fully saturated rings. The Bertz CT molecular complexity index is 917. The van der Waals surface area contributed by atoms with Crippen molar-refractivity contribution in [2.75, 3.05) is 18.1 Å². The zero-order chi connectivity index (χ0) is 21.5. The van der Waals surface area contributed by atoms with Crippen LogP contribution >= 0.6 is 11.8 Å². The second kappa shape index (κ2) is 10.4. The van der Waals surface area contributed by atoms with Gasteiger partial charge in [-0.3, -0.25) is 4.79 Å². The lowest BCUT2D eigenvalue weighted by Gasteiger charge is -2.20. The molecular formula is C20H31N3O4S2. The molecule has 0 aliphatic heterocycles. The molecule has 0 aliphatic carbocycles. The van der Waals surface area contributed by atoms with Crippen LogP contribution in [-0.2, 0) is 26.1 Å². The molecular weight excluding hydrogens is 410 g/mol. The first-order valence-corrected chi connectivity index (χ1v) is 12.5. The predicted octanol–water partition coefficient (Wildman–Crippen LogP) is 3.58. The maximum absolute atomic E-state index is 12.3. The van der Waals surface area contributed by atoms with E-state index in [1.165, 1.54) is 11.8 Å². The molecule has 0 saturated heterocycles. The first kappa shape index (κ1) is 23.7. The van der Waals surface area contributed by atoms with Gasteiger partial charge in [0.1, 0.15) is 12.1 Å². The number of ether oxygens (including phenoxy) is 1. The Morgan fingerprint density at radius 3 is 2.66 bits per heavy atom. The minimum absolute atomic E-state index is 0.0871. The van der Waals surface area contributed by atoms with Crippen molar-refractivity contribution in [3.63, 3.8) is 0 Å². The summed E-state index contributed by atoms with van der Waals surface area (Å²) < 4.78 is 33.6. The molecule has 0 bridgehead atoms. The number of carbonyl (C=O) groups is 1. The number of carbonyl (C=O) groups excluding carboxylic acids is 1. The summed E-state index contributed by atoms with van der Waals surface area (Å²) >= 11 is 1.51. The van der Waals surface area contributed by atoms with E-state index in [0.717, 1.165) is 22.6 Å². The fraction of sp³-hybridized carbons (Fsp3) is 0.600. The maximum Gasteiger partial charge on any atom is 0.326 e. The lowest BCUT2D eigenvalue weighted by Crippen LogP contribution is -2.27. The largest absolute Gasteiger partial charge is 0.459 e. The van der Waals surface area contributed by atoms with E-state index in [1.807, 2.05) is 56.5 Å². The molecule has 0 spiro atoms. The van der Waals surface area contributed by atoms with Crippen LogP contribution in [0.15, 0.2) is 29.4 Å². The molecule has 1 aromatic carbocycles. The number of rotatable bonds is 11. The lowest BCUT2D eigenvalue weighted by atomic mass is 10.2. The number of aromatic nitrogens is 2. The fourth-order valence-electron chi connectivity index (χ4n) is 2.69. The van der Waals surface area contributed by atoms with Crippen LogP contribution in [0.4, 0.5) is 0 Å². The third-order valence-corrected chi connectivity index (χ3v) is 6.50. The zero-order valence-corrected chi connectivity index (χ0v) is 19.2. The van der Waals surface area contributed by atoms with Crippen molar-refractivity contribution in [3.8, 4) is 0 Å². The summed E-state index contributed by atoms with van der Waals surface area (Å²) in [4.78, 5) is 17.0. The highest BCUT2D eigenvalue weighted by Crippen LogP contribution is 2.25. The molecule has 29 heavy (non-hydrogen) atoms. The van der Waals surface area contributed by atoms with E-state index in [4.69, 9.17) is 4.74 Å². The van der Waals surface area contributed by atoms with Crippen LogP contribution in [0.25, 0.3) is 11.0 Å². The Balaban J connectivity index is 1.98. The number of hydrogen-bond donors (Lipinski definition) is 1. The van der Waals surface area contributed by atoms with Gasteiger partial charge in [-0.05, 0) is 45.7 Å². The second-order valence-electron chi connectivity index (χ2n) is 7.82. The van der Waals surface area contributed by atoms with Gasteiger partial charge in [0, 0.05) is 12.3 Å². The van der Waals surface area contributed by atoms with E-state index in [2.05, 4.69) is 9.71 Å². The van der Waals surface area contributed by atoms with E-state index in [1.54, 1.807) is 0 Å². The van der Waals surface area contributed by atoms with Crippen LogP contribution in [0.1, 0.15) is 47.0 Å².